The zero-order valence-electron chi connectivity index (χ0n) is 14.6. The Bertz CT molecular complexity index is 841. The maximum Gasteiger partial charge on any atom is 0.293 e. The third kappa shape index (κ3) is 4.15. The number of imide groups is 1. The Balaban J connectivity index is 1.75. The lowest BCUT2D eigenvalue weighted by Crippen LogP contribution is -2.27. The van der Waals surface area contributed by atoms with Crippen molar-refractivity contribution in [1.29, 1.82) is 0 Å². The molecule has 1 aliphatic rings. The second kappa shape index (κ2) is 8.30. The van der Waals surface area contributed by atoms with Crippen molar-refractivity contribution in [2.45, 2.75) is 20.4 Å². The topological polar surface area (TPSA) is 53.8 Å². The quantitative estimate of drug-likeness (QED) is 0.430. The Morgan fingerprint density at radius 1 is 1.12 bits per heavy atom. The van der Waals surface area contributed by atoms with Crippen molar-refractivity contribution in [2.24, 2.45) is 0 Å². The molecule has 0 unspecified atom stereocenters. The van der Waals surface area contributed by atoms with Crippen LogP contribution in [-0.4, -0.2) is 29.1 Å². The Kier molecular flexibility index (Phi) is 6.08. The predicted octanol–water partition coefficient (Wildman–Crippen LogP) is 4.97. The highest BCUT2D eigenvalue weighted by Gasteiger charge is 2.35. The van der Waals surface area contributed by atoms with Gasteiger partial charge < -0.3 is 9.32 Å². The molecule has 0 radical (unpaired) electrons. The molecule has 0 aliphatic carbocycles. The molecule has 1 fully saturated rings. The number of anilines is 1. The molecule has 3 rings (SSSR count). The van der Waals surface area contributed by atoms with Crippen LogP contribution in [0.3, 0.4) is 0 Å². The van der Waals surface area contributed by atoms with Gasteiger partial charge in [0, 0.05) is 28.8 Å². The lowest BCUT2D eigenvalue weighted by molar-refractivity contribution is -0.123. The van der Waals surface area contributed by atoms with Crippen LogP contribution in [0.2, 0.25) is 0 Å². The maximum absolute atomic E-state index is 12.6. The van der Waals surface area contributed by atoms with Crippen LogP contribution >= 0.6 is 34.4 Å². The number of benzene rings is 1. The molecular formula is C19H19IN2O3S. The molecule has 5 nitrogen and oxygen atoms in total. The van der Waals surface area contributed by atoms with E-state index in [1.165, 1.54) is 4.90 Å². The van der Waals surface area contributed by atoms with Gasteiger partial charge in [-0.3, -0.25) is 14.5 Å². The van der Waals surface area contributed by atoms with E-state index in [0.717, 1.165) is 39.9 Å². The molecule has 0 saturated carbocycles. The number of rotatable bonds is 6. The number of nitrogens with zero attached hydrogens (tertiary/aromatic N) is 2. The van der Waals surface area contributed by atoms with Gasteiger partial charge in [-0.25, -0.2) is 0 Å². The zero-order chi connectivity index (χ0) is 18.7. The second-order valence-electron chi connectivity index (χ2n) is 5.74. The predicted molar refractivity (Wildman–Crippen MR) is 113 cm³/mol. The van der Waals surface area contributed by atoms with Crippen molar-refractivity contribution in [1.82, 2.24) is 4.90 Å². The van der Waals surface area contributed by atoms with Gasteiger partial charge in [0.05, 0.1) is 11.4 Å². The molecule has 7 heteroatoms. The number of thioether (sulfide) groups is 1. The number of hydrogen-bond donors (Lipinski definition) is 0. The van der Waals surface area contributed by atoms with Gasteiger partial charge in [0.25, 0.3) is 11.1 Å². The van der Waals surface area contributed by atoms with Crippen LogP contribution in [0, 0.1) is 3.57 Å². The summed E-state index contributed by atoms with van der Waals surface area (Å²) in [5.41, 5.74) is 0.927. The number of hydrogen-bond acceptors (Lipinski definition) is 5. The number of halogens is 1. The molecule has 0 bridgehead atoms. The van der Waals surface area contributed by atoms with Crippen LogP contribution in [0.25, 0.3) is 6.08 Å². The minimum atomic E-state index is -0.278. The Morgan fingerprint density at radius 3 is 2.46 bits per heavy atom. The summed E-state index contributed by atoms with van der Waals surface area (Å²) in [6.45, 7) is 6.08. The molecule has 2 aromatic rings. The lowest BCUT2D eigenvalue weighted by atomic mass is 10.2. The first-order valence-electron chi connectivity index (χ1n) is 8.36. The summed E-state index contributed by atoms with van der Waals surface area (Å²) in [4.78, 5) is 28.6. The normalized spacial score (nSPS) is 16.0. The Morgan fingerprint density at radius 2 is 1.81 bits per heavy atom. The number of carbonyl (C=O) groups is 2. The van der Waals surface area contributed by atoms with E-state index in [0.29, 0.717) is 10.7 Å². The molecule has 2 heterocycles. The first kappa shape index (κ1) is 19.0. The van der Waals surface area contributed by atoms with E-state index in [2.05, 4.69) is 41.3 Å². The van der Waals surface area contributed by atoms with Gasteiger partial charge in [-0.05, 0) is 72.0 Å². The molecule has 1 aromatic carbocycles. The minimum absolute atomic E-state index is 0.254. The van der Waals surface area contributed by atoms with Crippen molar-refractivity contribution in [3.8, 4) is 0 Å². The second-order valence-corrected chi connectivity index (χ2v) is 7.98. The van der Waals surface area contributed by atoms with Gasteiger partial charge in [0.1, 0.15) is 5.76 Å². The fourth-order valence-electron chi connectivity index (χ4n) is 2.66. The van der Waals surface area contributed by atoms with Crippen molar-refractivity contribution in [3.05, 3.63) is 56.2 Å². The molecule has 1 aliphatic heterocycles. The summed E-state index contributed by atoms with van der Waals surface area (Å²) in [5.74, 6) is 1.06. The van der Waals surface area contributed by atoms with Gasteiger partial charge in [0.15, 0.2) is 5.88 Å². The zero-order valence-corrected chi connectivity index (χ0v) is 17.5. The fraction of sp³-hybridized carbons (Fsp3) is 0.263. The summed E-state index contributed by atoms with van der Waals surface area (Å²) in [6.07, 6.45) is 1.64. The summed E-state index contributed by atoms with van der Waals surface area (Å²) in [6, 6.07) is 11.5. The van der Waals surface area contributed by atoms with Gasteiger partial charge >= 0.3 is 0 Å². The average molecular weight is 482 g/mol. The van der Waals surface area contributed by atoms with Crippen LogP contribution in [0.5, 0.6) is 0 Å². The van der Waals surface area contributed by atoms with Crippen LogP contribution in [0.4, 0.5) is 10.7 Å². The molecule has 1 aromatic heterocycles. The van der Waals surface area contributed by atoms with Crippen LogP contribution in [0.15, 0.2) is 45.7 Å². The highest BCUT2D eigenvalue weighted by molar-refractivity contribution is 14.1. The molecule has 0 atom stereocenters. The van der Waals surface area contributed by atoms with Crippen LogP contribution in [-0.2, 0) is 11.3 Å². The highest BCUT2D eigenvalue weighted by Crippen LogP contribution is 2.34. The maximum atomic E-state index is 12.6. The SMILES string of the molecule is CCN(CC)c1ccc(/C=C2\SC(=O)N(Cc3ccc(I)cc3)C2=O)o1. The molecule has 2 amide bonds. The standard InChI is InChI=1S/C19H19IN2O3S/c1-3-21(4-2)17-10-9-15(25-17)11-16-18(23)22(19(24)26-16)12-13-5-7-14(20)8-6-13/h5-11H,3-4,12H2,1-2H3/b16-11-. The van der Waals surface area contributed by atoms with Crippen LogP contribution < -0.4 is 4.90 Å². The smallest absolute Gasteiger partial charge is 0.293 e. The fourth-order valence-corrected chi connectivity index (χ4v) is 3.84. The van der Waals surface area contributed by atoms with E-state index in [9.17, 15) is 9.59 Å². The first-order chi connectivity index (χ1) is 12.5. The first-order valence-corrected chi connectivity index (χ1v) is 10.3. The third-order valence-corrected chi connectivity index (χ3v) is 5.72. The summed E-state index contributed by atoms with van der Waals surface area (Å²) < 4.78 is 6.91. The molecule has 0 N–H and O–H groups in total. The van der Waals surface area contributed by atoms with Gasteiger partial charge in [-0.1, -0.05) is 12.1 Å². The molecular weight excluding hydrogens is 463 g/mol. The number of amides is 2. The van der Waals surface area contributed by atoms with Gasteiger partial charge in [-0.2, -0.15) is 0 Å². The van der Waals surface area contributed by atoms with Crippen molar-refractivity contribution < 1.29 is 14.0 Å². The van der Waals surface area contributed by atoms with Crippen molar-refractivity contribution >= 4 is 57.5 Å². The average Bonchev–Trinajstić information content (AvgIpc) is 3.18. The van der Waals surface area contributed by atoms with Crippen LogP contribution in [0.1, 0.15) is 25.2 Å². The van der Waals surface area contributed by atoms with Gasteiger partial charge in [-0.15, -0.1) is 0 Å². The lowest BCUT2D eigenvalue weighted by Gasteiger charge is -2.16. The van der Waals surface area contributed by atoms with Crippen molar-refractivity contribution in [2.75, 3.05) is 18.0 Å². The van der Waals surface area contributed by atoms with Crippen molar-refractivity contribution in [3.63, 3.8) is 0 Å². The minimum Gasteiger partial charge on any atom is -0.441 e. The van der Waals surface area contributed by atoms with E-state index in [4.69, 9.17) is 4.42 Å². The highest BCUT2D eigenvalue weighted by atomic mass is 127. The van der Waals surface area contributed by atoms with E-state index < -0.39 is 0 Å². The Hall–Kier alpha value is -1.74. The van der Waals surface area contributed by atoms with E-state index in [1.807, 2.05) is 36.4 Å². The summed E-state index contributed by atoms with van der Waals surface area (Å²) in [7, 11) is 0. The molecule has 0 spiro atoms. The van der Waals surface area contributed by atoms with E-state index in [-0.39, 0.29) is 17.7 Å². The molecule has 26 heavy (non-hydrogen) atoms. The summed E-state index contributed by atoms with van der Waals surface area (Å²) >= 11 is 3.17. The van der Waals surface area contributed by atoms with Gasteiger partial charge in [0.2, 0.25) is 0 Å². The summed E-state index contributed by atoms with van der Waals surface area (Å²) in [5, 5.41) is -0.254. The van der Waals surface area contributed by atoms with E-state index in [1.54, 1.807) is 6.08 Å². The Labute approximate surface area is 170 Å². The largest absolute Gasteiger partial charge is 0.441 e. The number of carbonyl (C=O) groups excluding carboxylic acids is 2. The number of furan rings is 1. The molecule has 136 valence electrons. The third-order valence-electron chi connectivity index (χ3n) is 4.09. The van der Waals surface area contributed by atoms with E-state index >= 15 is 0 Å². The molecule has 1 saturated heterocycles. The monoisotopic (exact) mass is 482 g/mol.